The number of benzene rings is 1. The molecule has 1 fully saturated rings. The van der Waals surface area contributed by atoms with E-state index in [1.807, 2.05) is 13.0 Å². The molecule has 0 saturated carbocycles. The summed E-state index contributed by atoms with van der Waals surface area (Å²) in [6, 6.07) is 6.56. The minimum Gasteiger partial charge on any atom is -0.507 e. The Morgan fingerprint density at radius 1 is 1.23 bits per heavy atom. The van der Waals surface area contributed by atoms with Gasteiger partial charge in [-0.15, -0.1) is 10.2 Å². The number of nitrogens with one attached hydrogen (secondary N) is 1. The molecule has 0 spiro atoms. The van der Waals surface area contributed by atoms with Gasteiger partial charge in [-0.3, -0.25) is 0 Å². The highest BCUT2D eigenvalue weighted by atomic mass is 16.3. The second kappa shape index (κ2) is 6.88. The Hall–Kier alpha value is -2.14. The zero-order valence-corrected chi connectivity index (χ0v) is 15.9. The average Bonchev–Trinajstić information content (AvgIpc) is 3.09. The van der Waals surface area contributed by atoms with Gasteiger partial charge in [0.2, 0.25) is 0 Å². The molecule has 0 bridgehead atoms. The number of aromatic hydroxyl groups is 1. The molecule has 138 valence electrons. The average molecular weight is 352 g/mol. The van der Waals surface area contributed by atoms with Crippen molar-refractivity contribution in [3.05, 3.63) is 34.9 Å². The lowest BCUT2D eigenvalue weighted by atomic mass is 9.94. The molecule has 2 N–H and O–H groups in total. The summed E-state index contributed by atoms with van der Waals surface area (Å²) in [5.41, 5.74) is 4.97. The molecule has 5 heteroatoms. The number of hydrogen-bond acceptors (Lipinski definition) is 5. The Bertz CT molecular complexity index is 820. The zero-order valence-electron chi connectivity index (χ0n) is 15.9. The molecule has 0 amide bonds. The summed E-state index contributed by atoms with van der Waals surface area (Å²) >= 11 is 0. The molecule has 1 aromatic heterocycles. The number of nitrogens with zero attached hydrogens (tertiary/aromatic N) is 3. The molecule has 2 heterocycles. The van der Waals surface area contributed by atoms with Crippen molar-refractivity contribution in [2.24, 2.45) is 5.92 Å². The van der Waals surface area contributed by atoms with Gasteiger partial charge in [0.05, 0.1) is 5.69 Å². The van der Waals surface area contributed by atoms with E-state index in [0.29, 0.717) is 17.7 Å². The fourth-order valence-corrected chi connectivity index (χ4v) is 4.27. The SMILES string of the molecule is Cc1cc(N[C@H]2CN(C)CC[C@H]2C)nnc1-c1ccc2c(c1O)CCC2. The molecule has 1 aliphatic carbocycles. The lowest BCUT2D eigenvalue weighted by Crippen LogP contribution is -2.45. The van der Waals surface area contributed by atoms with Crippen LogP contribution in [0.3, 0.4) is 0 Å². The number of phenolic OH excluding ortho intramolecular Hbond substituents is 1. The Balaban J connectivity index is 1.59. The highest BCUT2D eigenvalue weighted by Gasteiger charge is 2.25. The van der Waals surface area contributed by atoms with Gasteiger partial charge in [0, 0.05) is 18.2 Å². The summed E-state index contributed by atoms with van der Waals surface area (Å²) in [6.45, 7) is 6.51. The molecule has 1 aromatic carbocycles. The first-order chi connectivity index (χ1) is 12.5. The molecular formula is C21H28N4O. The topological polar surface area (TPSA) is 61.3 Å². The number of aryl methyl sites for hydroxylation is 2. The van der Waals surface area contributed by atoms with Crippen LogP contribution in [0.15, 0.2) is 18.2 Å². The van der Waals surface area contributed by atoms with Gasteiger partial charge in [-0.1, -0.05) is 13.0 Å². The van der Waals surface area contributed by atoms with Gasteiger partial charge in [0.15, 0.2) is 0 Å². The largest absolute Gasteiger partial charge is 0.507 e. The molecule has 2 aromatic rings. The van der Waals surface area contributed by atoms with Gasteiger partial charge < -0.3 is 15.3 Å². The molecule has 5 nitrogen and oxygen atoms in total. The van der Waals surface area contributed by atoms with Gasteiger partial charge in [-0.2, -0.15) is 0 Å². The highest BCUT2D eigenvalue weighted by Crippen LogP contribution is 2.38. The maximum absolute atomic E-state index is 10.7. The molecule has 0 unspecified atom stereocenters. The number of anilines is 1. The number of aromatic nitrogens is 2. The fraction of sp³-hybridized carbons (Fsp3) is 0.524. The van der Waals surface area contributed by atoms with Crippen molar-refractivity contribution < 1.29 is 5.11 Å². The summed E-state index contributed by atoms with van der Waals surface area (Å²) in [5.74, 6) is 1.83. The number of fused-ring (bicyclic) bond motifs is 1. The number of likely N-dealkylation sites (tertiary alicyclic amines) is 1. The van der Waals surface area contributed by atoms with Crippen LogP contribution in [0.4, 0.5) is 5.82 Å². The van der Waals surface area contributed by atoms with E-state index in [-0.39, 0.29) is 0 Å². The Labute approximate surface area is 155 Å². The minimum atomic E-state index is 0.389. The second-order valence-corrected chi connectivity index (χ2v) is 7.99. The van der Waals surface area contributed by atoms with Crippen LogP contribution in [-0.4, -0.2) is 46.4 Å². The van der Waals surface area contributed by atoms with E-state index in [4.69, 9.17) is 0 Å². The van der Waals surface area contributed by atoms with Crippen molar-refractivity contribution in [3.8, 4) is 17.0 Å². The molecule has 1 saturated heterocycles. The minimum absolute atomic E-state index is 0.389. The van der Waals surface area contributed by atoms with E-state index in [0.717, 1.165) is 60.6 Å². The Morgan fingerprint density at radius 3 is 2.88 bits per heavy atom. The van der Waals surface area contributed by atoms with E-state index in [1.54, 1.807) is 0 Å². The molecule has 2 atom stereocenters. The molecule has 26 heavy (non-hydrogen) atoms. The molecule has 0 radical (unpaired) electrons. The van der Waals surface area contributed by atoms with Gasteiger partial charge in [-0.05, 0) is 80.9 Å². The fourth-order valence-electron chi connectivity index (χ4n) is 4.27. The highest BCUT2D eigenvalue weighted by molar-refractivity contribution is 5.73. The van der Waals surface area contributed by atoms with Crippen molar-refractivity contribution in [1.29, 1.82) is 0 Å². The van der Waals surface area contributed by atoms with E-state index < -0.39 is 0 Å². The first-order valence-electron chi connectivity index (χ1n) is 9.66. The third kappa shape index (κ3) is 3.16. The molecular weight excluding hydrogens is 324 g/mol. The van der Waals surface area contributed by atoms with Crippen LogP contribution >= 0.6 is 0 Å². The summed E-state index contributed by atoms with van der Waals surface area (Å²) in [6.07, 6.45) is 4.33. The van der Waals surface area contributed by atoms with Crippen molar-refractivity contribution in [2.75, 3.05) is 25.5 Å². The Morgan fingerprint density at radius 2 is 2.08 bits per heavy atom. The van der Waals surface area contributed by atoms with Crippen LogP contribution in [0.2, 0.25) is 0 Å². The normalized spacial score (nSPS) is 23.0. The van der Waals surface area contributed by atoms with Gasteiger partial charge in [0.25, 0.3) is 0 Å². The maximum Gasteiger partial charge on any atom is 0.149 e. The number of piperidine rings is 1. The van der Waals surface area contributed by atoms with Crippen LogP contribution in [0.25, 0.3) is 11.3 Å². The number of rotatable bonds is 3. The van der Waals surface area contributed by atoms with E-state index in [1.165, 1.54) is 12.0 Å². The number of phenols is 1. The first-order valence-corrected chi connectivity index (χ1v) is 9.66. The third-order valence-corrected chi connectivity index (χ3v) is 5.99. The standard InChI is InChI=1S/C21H28N4O/c1-13-9-10-25(3)12-18(13)22-19-11-14(2)20(24-23-19)17-8-7-15-5-4-6-16(15)21(17)26/h7-8,11,13,18,26H,4-6,9-10,12H2,1-3H3,(H,22,23)/t13-,18+/m1/s1. The lowest BCUT2D eigenvalue weighted by Gasteiger charge is -2.35. The van der Waals surface area contributed by atoms with Crippen molar-refractivity contribution >= 4 is 5.82 Å². The van der Waals surface area contributed by atoms with E-state index >= 15 is 0 Å². The summed E-state index contributed by atoms with van der Waals surface area (Å²) in [5, 5.41) is 23.1. The Kier molecular flexibility index (Phi) is 4.57. The predicted octanol–water partition coefficient (Wildman–Crippen LogP) is 3.40. The van der Waals surface area contributed by atoms with Gasteiger partial charge in [0.1, 0.15) is 11.6 Å². The van der Waals surface area contributed by atoms with Crippen molar-refractivity contribution in [3.63, 3.8) is 0 Å². The third-order valence-electron chi connectivity index (χ3n) is 5.99. The predicted molar refractivity (Wildman–Crippen MR) is 105 cm³/mol. The first kappa shape index (κ1) is 17.3. The number of likely N-dealkylation sites (N-methyl/N-ethyl adjacent to an activating group) is 1. The van der Waals surface area contributed by atoms with E-state index in [2.05, 4.69) is 46.5 Å². The molecule has 4 rings (SSSR count). The van der Waals surface area contributed by atoms with Crippen LogP contribution in [0.1, 0.15) is 36.5 Å². The van der Waals surface area contributed by atoms with Crippen LogP contribution in [0.5, 0.6) is 5.75 Å². The summed E-state index contributed by atoms with van der Waals surface area (Å²) in [4.78, 5) is 2.36. The quantitative estimate of drug-likeness (QED) is 0.886. The van der Waals surface area contributed by atoms with Crippen LogP contribution < -0.4 is 5.32 Å². The zero-order chi connectivity index (χ0) is 18.3. The smallest absolute Gasteiger partial charge is 0.149 e. The molecule has 2 aliphatic rings. The monoisotopic (exact) mass is 352 g/mol. The number of hydrogen-bond donors (Lipinski definition) is 2. The second-order valence-electron chi connectivity index (χ2n) is 7.99. The van der Waals surface area contributed by atoms with Crippen LogP contribution in [0, 0.1) is 12.8 Å². The summed E-state index contributed by atoms with van der Waals surface area (Å²) < 4.78 is 0. The maximum atomic E-state index is 10.7. The lowest BCUT2D eigenvalue weighted by molar-refractivity contribution is 0.211. The summed E-state index contributed by atoms with van der Waals surface area (Å²) in [7, 11) is 2.16. The molecule has 1 aliphatic heterocycles. The van der Waals surface area contributed by atoms with Crippen molar-refractivity contribution in [1.82, 2.24) is 15.1 Å². The van der Waals surface area contributed by atoms with Gasteiger partial charge >= 0.3 is 0 Å². The van der Waals surface area contributed by atoms with Crippen molar-refractivity contribution in [2.45, 2.75) is 45.6 Å². The van der Waals surface area contributed by atoms with E-state index in [9.17, 15) is 5.11 Å². The van der Waals surface area contributed by atoms with Gasteiger partial charge in [-0.25, -0.2) is 0 Å². The van der Waals surface area contributed by atoms with Crippen LogP contribution in [-0.2, 0) is 12.8 Å².